The zero-order valence-electron chi connectivity index (χ0n) is 9.03. The Balaban J connectivity index is 2.64. The van der Waals surface area contributed by atoms with Crippen LogP contribution in [0.15, 0.2) is 35.9 Å². The van der Waals surface area contributed by atoms with Gasteiger partial charge in [-0.05, 0) is 44.4 Å². The van der Waals surface area contributed by atoms with E-state index >= 15 is 0 Å². The first-order valence-electron chi connectivity index (χ1n) is 4.90. The minimum Gasteiger partial charge on any atom is -0.512 e. The first-order valence-corrected chi connectivity index (χ1v) is 4.90. The van der Waals surface area contributed by atoms with Crippen molar-refractivity contribution in [2.45, 2.75) is 26.7 Å². The van der Waals surface area contributed by atoms with Crippen molar-refractivity contribution in [2.24, 2.45) is 0 Å². The molecule has 0 aliphatic carbocycles. The van der Waals surface area contributed by atoms with Crippen LogP contribution in [0.25, 0.3) is 0 Å². The molecule has 0 aromatic carbocycles. The number of carbonyl (C=O) groups is 1. The van der Waals surface area contributed by atoms with Crippen LogP contribution < -0.4 is 0 Å². The number of Topliss-reactive ketones (excluding diaryl/α,β-unsaturated/α-hetero) is 1. The largest absolute Gasteiger partial charge is 0.512 e. The smallest absolute Gasteiger partial charge is 0.159 e. The molecule has 1 heterocycles. The molecule has 1 N–H and O–H groups in total. The highest BCUT2D eigenvalue weighted by Gasteiger charge is 2.07. The van der Waals surface area contributed by atoms with Crippen LogP contribution in [0, 0.1) is 0 Å². The van der Waals surface area contributed by atoms with Gasteiger partial charge >= 0.3 is 0 Å². The van der Waals surface area contributed by atoms with Gasteiger partial charge in [-0.25, -0.2) is 0 Å². The van der Waals surface area contributed by atoms with Crippen LogP contribution in [0.4, 0.5) is 0 Å². The summed E-state index contributed by atoms with van der Waals surface area (Å²) in [5, 5.41) is 9.31. The van der Waals surface area contributed by atoms with Gasteiger partial charge in [0, 0.05) is 18.0 Å². The van der Waals surface area contributed by atoms with Gasteiger partial charge in [0.1, 0.15) is 0 Å². The molecule has 1 aromatic rings. The summed E-state index contributed by atoms with van der Waals surface area (Å²) in [4.78, 5) is 15.1. The van der Waals surface area contributed by atoms with Crippen LogP contribution in [0.5, 0.6) is 0 Å². The molecule has 15 heavy (non-hydrogen) atoms. The number of hydrogen-bond donors (Lipinski definition) is 1. The van der Waals surface area contributed by atoms with E-state index in [2.05, 4.69) is 4.98 Å². The zero-order chi connectivity index (χ0) is 11.3. The number of aromatic nitrogens is 1. The average molecular weight is 205 g/mol. The monoisotopic (exact) mass is 205 g/mol. The second-order valence-electron chi connectivity index (χ2n) is 3.48. The first kappa shape index (κ1) is 11.4. The van der Waals surface area contributed by atoms with Crippen LogP contribution in [0.2, 0.25) is 0 Å². The number of allylic oxidation sites excluding steroid dienone is 2. The van der Waals surface area contributed by atoms with Crippen LogP contribution in [0.1, 0.15) is 25.8 Å². The summed E-state index contributed by atoms with van der Waals surface area (Å²) in [6, 6.07) is 3.81. The molecule has 0 amide bonds. The lowest BCUT2D eigenvalue weighted by Gasteiger charge is -2.04. The Morgan fingerprint density at radius 1 is 1.33 bits per heavy atom. The number of hydrogen-bond acceptors (Lipinski definition) is 3. The lowest BCUT2D eigenvalue weighted by atomic mass is 10.0. The Hall–Kier alpha value is -1.64. The second-order valence-corrected chi connectivity index (χ2v) is 3.48. The van der Waals surface area contributed by atoms with E-state index in [1.54, 1.807) is 19.3 Å². The topological polar surface area (TPSA) is 50.2 Å². The van der Waals surface area contributed by atoms with Crippen molar-refractivity contribution < 1.29 is 9.90 Å². The Morgan fingerprint density at radius 2 is 1.93 bits per heavy atom. The van der Waals surface area contributed by atoms with E-state index in [0.29, 0.717) is 12.0 Å². The SMILES string of the molecule is CC(=O)/C(CCc1ccncc1)=C(/C)O. The van der Waals surface area contributed by atoms with E-state index < -0.39 is 0 Å². The number of rotatable bonds is 4. The van der Waals surface area contributed by atoms with Crippen molar-refractivity contribution in [3.8, 4) is 0 Å². The van der Waals surface area contributed by atoms with Crippen molar-refractivity contribution >= 4 is 5.78 Å². The van der Waals surface area contributed by atoms with Gasteiger partial charge in [0.2, 0.25) is 0 Å². The fourth-order valence-electron chi connectivity index (χ4n) is 1.43. The molecule has 0 bridgehead atoms. The van der Waals surface area contributed by atoms with Crippen LogP contribution in [-0.4, -0.2) is 15.9 Å². The van der Waals surface area contributed by atoms with Gasteiger partial charge in [-0.2, -0.15) is 0 Å². The summed E-state index contributed by atoms with van der Waals surface area (Å²) in [6.45, 7) is 3.02. The third-order valence-electron chi connectivity index (χ3n) is 2.27. The molecule has 0 saturated carbocycles. The molecule has 1 aromatic heterocycles. The lowest BCUT2D eigenvalue weighted by Crippen LogP contribution is -2.02. The molecule has 0 saturated heterocycles. The number of nitrogens with zero attached hydrogens (tertiary/aromatic N) is 1. The Labute approximate surface area is 89.5 Å². The van der Waals surface area contributed by atoms with E-state index in [1.165, 1.54) is 6.92 Å². The number of aryl methyl sites for hydroxylation is 1. The van der Waals surface area contributed by atoms with E-state index in [9.17, 15) is 9.90 Å². The van der Waals surface area contributed by atoms with Gasteiger partial charge in [0.15, 0.2) is 5.78 Å². The maximum absolute atomic E-state index is 11.2. The number of ketones is 1. The summed E-state index contributed by atoms with van der Waals surface area (Å²) in [7, 11) is 0. The van der Waals surface area contributed by atoms with Crippen LogP contribution in [0.3, 0.4) is 0 Å². The molecule has 0 radical (unpaired) electrons. The van der Waals surface area contributed by atoms with Gasteiger partial charge in [-0.15, -0.1) is 0 Å². The molecule has 3 heteroatoms. The normalized spacial score (nSPS) is 12.1. The average Bonchev–Trinajstić information content (AvgIpc) is 2.18. The molecular weight excluding hydrogens is 190 g/mol. The van der Waals surface area contributed by atoms with Gasteiger partial charge in [-0.1, -0.05) is 0 Å². The minimum atomic E-state index is -0.0657. The highest BCUT2D eigenvalue weighted by Crippen LogP contribution is 2.12. The first-order chi connectivity index (χ1) is 7.11. The summed E-state index contributed by atoms with van der Waals surface area (Å²) < 4.78 is 0. The summed E-state index contributed by atoms with van der Waals surface area (Å²) >= 11 is 0. The fourth-order valence-corrected chi connectivity index (χ4v) is 1.43. The van der Waals surface area contributed by atoms with E-state index in [1.807, 2.05) is 12.1 Å². The highest BCUT2D eigenvalue weighted by molar-refractivity contribution is 5.93. The highest BCUT2D eigenvalue weighted by atomic mass is 16.3. The van der Waals surface area contributed by atoms with Crippen molar-refractivity contribution in [1.29, 1.82) is 0 Å². The van der Waals surface area contributed by atoms with Crippen LogP contribution >= 0.6 is 0 Å². The van der Waals surface area contributed by atoms with E-state index in [0.717, 1.165) is 12.0 Å². The van der Waals surface area contributed by atoms with Gasteiger partial charge in [0.25, 0.3) is 0 Å². The molecular formula is C12H15NO2. The summed E-state index contributed by atoms with van der Waals surface area (Å²) in [5.74, 6) is 0.0561. The standard InChI is InChI=1S/C12H15NO2/c1-9(14)12(10(2)15)4-3-11-5-7-13-8-6-11/h5-8,14H,3-4H2,1-2H3/b12-9-. The molecule has 0 spiro atoms. The maximum atomic E-state index is 11.2. The molecule has 0 unspecified atom stereocenters. The maximum Gasteiger partial charge on any atom is 0.159 e. The Morgan fingerprint density at radius 3 is 2.40 bits per heavy atom. The molecule has 3 nitrogen and oxygen atoms in total. The molecule has 0 atom stereocenters. The van der Waals surface area contributed by atoms with Crippen LogP contribution in [-0.2, 0) is 11.2 Å². The number of aliphatic hydroxyl groups is 1. The third kappa shape index (κ3) is 3.54. The third-order valence-corrected chi connectivity index (χ3v) is 2.27. The van der Waals surface area contributed by atoms with Crippen molar-refractivity contribution in [2.75, 3.05) is 0 Å². The molecule has 0 aliphatic heterocycles. The van der Waals surface area contributed by atoms with E-state index in [4.69, 9.17) is 0 Å². The quantitative estimate of drug-likeness (QED) is 0.606. The summed E-state index contributed by atoms with van der Waals surface area (Å²) in [6.07, 6.45) is 4.76. The Bertz CT molecular complexity index is 364. The van der Waals surface area contributed by atoms with Crippen molar-refractivity contribution in [3.05, 3.63) is 41.4 Å². The zero-order valence-corrected chi connectivity index (χ0v) is 9.03. The predicted molar refractivity (Wildman–Crippen MR) is 58.6 cm³/mol. The number of pyridine rings is 1. The van der Waals surface area contributed by atoms with Crippen molar-refractivity contribution in [1.82, 2.24) is 4.98 Å². The molecule has 0 fully saturated rings. The fraction of sp³-hybridized carbons (Fsp3) is 0.333. The number of aliphatic hydroxyl groups excluding tert-OH is 1. The Kier molecular flexibility index (Phi) is 4.03. The molecule has 0 aliphatic rings. The van der Waals surface area contributed by atoms with Gasteiger partial charge < -0.3 is 5.11 Å². The number of carbonyl (C=O) groups excluding carboxylic acids is 1. The van der Waals surface area contributed by atoms with E-state index in [-0.39, 0.29) is 11.5 Å². The molecule has 80 valence electrons. The summed E-state index contributed by atoms with van der Waals surface area (Å²) in [5.41, 5.74) is 1.62. The predicted octanol–water partition coefficient (Wildman–Crippen LogP) is 2.44. The lowest BCUT2D eigenvalue weighted by molar-refractivity contribution is -0.113. The van der Waals surface area contributed by atoms with Gasteiger partial charge in [-0.3, -0.25) is 9.78 Å². The van der Waals surface area contributed by atoms with Gasteiger partial charge in [0.05, 0.1) is 5.76 Å². The second kappa shape index (κ2) is 5.29. The molecule has 1 rings (SSSR count). The minimum absolute atomic E-state index is 0.0657. The van der Waals surface area contributed by atoms with Crippen molar-refractivity contribution in [3.63, 3.8) is 0 Å².